The van der Waals surface area contributed by atoms with E-state index in [-0.39, 0.29) is 5.60 Å². The molecule has 23 heavy (non-hydrogen) atoms. The monoisotopic (exact) mass is 396 g/mol. The molecule has 2 aromatic rings. The van der Waals surface area contributed by atoms with Gasteiger partial charge in [-0.15, -0.1) is 0 Å². The Kier molecular flexibility index (Phi) is 3.35. The minimum atomic E-state index is -0.0373. The van der Waals surface area contributed by atoms with Crippen molar-refractivity contribution in [3.05, 3.63) is 10.8 Å². The molecule has 1 saturated heterocycles. The zero-order chi connectivity index (χ0) is 15.4. The molecule has 3 aliphatic carbocycles. The molecule has 4 aliphatic rings. The highest BCUT2D eigenvalue weighted by molar-refractivity contribution is 9.10. The number of nitrogens with zero attached hydrogens (tertiary/aromatic N) is 4. The lowest BCUT2D eigenvalue weighted by Crippen LogP contribution is -2.50. The van der Waals surface area contributed by atoms with Gasteiger partial charge in [0.05, 0.1) is 6.20 Å². The Hall–Kier alpha value is -0.870. The van der Waals surface area contributed by atoms with Crippen LogP contribution >= 0.6 is 27.3 Å². The second-order valence-corrected chi connectivity index (χ2v) is 8.45. The topological polar surface area (TPSA) is 75.2 Å². The number of aromatic nitrogens is 3. The van der Waals surface area contributed by atoms with Gasteiger partial charge < -0.3 is 0 Å². The third kappa shape index (κ3) is 2.45. The van der Waals surface area contributed by atoms with Gasteiger partial charge in [-0.25, -0.2) is 15.4 Å². The fourth-order valence-electron chi connectivity index (χ4n) is 4.23. The van der Waals surface area contributed by atoms with Crippen molar-refractivity contribution in [1.82, 2.24) is 25.7 Å². The summed E-state index contributed by atoms with van der Waals surface area (Å²) in [5, 5.41) is 2.36. The minimum Gasteiger partial charge on any atom is -0.257 e. The Bertz CT molecular complexity index is 748. The Balaban J connectivity index is 1.33. The van der Waals surface area contributed by atoms with Gasteiger partial charge in [0.1, 0.15) is 10.2 Å². The first-order valence-electron chi connectivity index (χ1n) is 7.99. The zero-order valence-corrected chi connectivity index (χ0v) is 14.9. The van der Waals surface area contributed by atoms with E-state index in [4.69, 9.17) is 4.84 Å². The van der Waals surface area contributed by atoms with Crippen LogP contribution in [0.4, 0.5) is 5.13 Å². The molecule has 3 saturated carbocycles. The molecule has 1 spiro atoms. The summed E-state index contributed by atoms with van der Waals surface area (Å²) < 4.78 is 0.716. The second-order valence-electron chi connectivity index (χ2n) is 6.66. The van der Waals surface area contributed by atoms with E-state index in [9.17, 15) is 0 Å². The smallest absolute Gasteiger partial charge is 0.204 e. The van der Waals surface area contributed by atoms with Crippen LogP contribution in [0.1, 0.15) is 32.1 Å². The van der Waals surface area contributed by atoms with Crippen LogP contribution in [-0.2, 0) is 4.84 Å². The van der Waals surface area contributed by atoms with Crippen LogP contribution in [0.2, 0.25) is 0 Å². The predicted octanol–water partition coefficient (Wildman–Crippen LogP) is 2.88. The summed E-state index contributed by atoms with van der Waals surface area (Å²) in [4.78, 5) is 20.2. The molecule has 1 atom stereocenters. The highest BCUT2D eigenvalue weighted by Gasteiger charge is 2.53. The van der Waals surface area contributed by atoms with Crippen LogP contribution in [0.3, 0.4) is 0 Å². The molecule has 2 aromatic heterocycles. The number of fused-ring (bicyclic) bond motifs is 3. The van der Waals surface area contributed by atoms with Gasteiger partial charge in [0, 0.05) is 6.54 Å². The lowest BCUT2D eigenvalue weighted by atomic mass is 9.62. The predicted molar refractivity (Wildman–Crippen MR) is 90.3 cm³/mol. The molecule has 7 nitrogen and oxygen atoms in total. The fraction of sp³-hybridized carbons (Fsp3) is 0.643. The number of hydrogen-bond acceptors (Lipinski definition) is 8. The summed E-state index contributed by atoms with van der Waals surface area (Å²) in [5.41, 5.74) is 7.12. The largest absolute Gasteiger partial charge is 0.257 e. The molecule has 9 heteroatoms. The molecular formula is C14H17BrN6OS. The average molecular weight is 397 g/mol. The number of halogens is 1. The third-order valence-electron chi connectivity index (χ3n) is 5.31. The van der Waals surface area contributed by atoms with E-state index < -0.39 is 0 Å². The first-order chi connectivity index (χ1) is 11.2. The quantitative estimate of drug-likeness (QED) is 0.807. The molecule has 0 radical (unpaired) electrons. The summed E-state index contributed by atoms with van der Waals surface area (Å²) >= 11 is 4.79. The van der Waals surface area contributed by atoms with E-state index >= 15 is 0 Å². The van der Waals surface area contributed by atoms with Gasteiger partial charge in [0.25, 0.3) is 0 Å². The number of nitrogens with one attached hydrogen (secondary N) is 2. The van der Waals surface area contributed by atoms with Gasteiger partial charge in [-0.2, -0.15) is 4.98 Å². The molecule has 0 unspecified atom stereocenters. The van der Waals surface area contributed by atoms with Crippen molar-refractivity contribution in [2.24, 2.45) is 11.8 Å². The lowest BCUT2D eigenvalue weighted by molar-refractivity contribution is -0.235. The summed E-state index contributed by atoms with van der Waals surface area (Å²) in [6, 6.07) is 0. The second kappa shape index (κ2) is 5.32. The normalized spacial score (nSPS) is 33.8. The van der Waals surface area contributed by atoms with E-state index in [1.54, 1.807) is 11.5 Å². The summed E-state index contributed by atoms with van der Waals surface area (Å²) in [6.45, 7) is 0.869. The van der Waals surface area contributed by atoms with E-state index in [0.717, 1.165) is 22.4 Å². The van der Waals surface area contributed by atoms with E-state index in [1.807, 2.05) is 0 Å². The van der Waals surface area contributed by atoms with Crippen LogP contribution in [0.25, 0.3) is 10.5 Å². The molecule has 2 N–H and O–H groups in total. The van der Waals surface area contributed by atoms with Crippen molar-refractivity contribution in [2.75, 3.05) is 12.0 Å². The summed E-state index contributed by atoms with van der Waals surface area (Å²) in [6.07, 6.45) is 8.15. The first-order valence-corrected chi connectivity index (χ1v) is 9.60. The van der Waals surface area contributed by atoms with E-state index in [0.29, 0.717) is 16.2 Å². The Morgan fingerprint density at radius 1 is 1.35 bits per heavy atom. The molecule has 6 rings (SSSR count). The van der Waals surface area contributed by atoms with Gasteiger partial charge in [-0.3, -0.25) is 10.3 Å². The number of hydrogen-bond donors (Lipinski definition) is 2. The van der Waals surface area contributed by atoms with Crippen molar-refractivity contribution in [3.63, 3.8) is 0 Å². The number of anilines is 1. The standard InChI is InChI=1S/C14H17BrN6OS/c15-10-6-16-11-12(18-10)23-13(19-11)20-21-17-7-14(22-21)5-8-1-3-9(14)4-2-8/h6,8-9,17H,1-5,7H2,(H,16,19,20)/t8?,9?,14-/m0/s1. The van der Waals surface area contributed by atoms with Crippen LogP contribution in [-0.4, -0.2) is 32.4 Å². The molecule has 4 fully saturated rings. The molecule has 0 aromatic carbocycles. The Labute approximate surface area is 145 Å². The average Bonchev–Trinajstić information content (AvgIpc) is 3.12. The molecule has 2 bridgehead atoms. The molecular weight excluding hydrogens is 380 g/mol. The van der Waals surface area contributed by atoms with Gasteiger partial charge >= 0.3 is 0 Å². The van der Waals surface area contributed by atoms with Crippen molar-refractivity contribution in [2.45, 2.75) is 37.7 Å². The van der Waals surface area contributed by atoms with E-state index in [1.165, 1.54) is 43.4 Å². The maximum absolute atomic E-state index is 6.28. The van der Waals surface area contributed by atoms with E-state index in [2.05, 4.69) is 41.7 Å². The lowest BCUT2D eigenvalue weighted by Gasteiger charge is -2.47. The maximum Gasteiger partial charge on any atom is 0.204 e. The van der Waals surface area contributed by atoms with Crippen LogP contribution < -0.4 is 10.9 Å². The van der Waals surface area contributed by atoms with Crippen LogP contribution in [0, 0.1) is 11.8 Å². The maximum atomic E-state index is 6.28. The number of rotatable bonds is 2. The molecule has 0 amide bonds. The summed E-state index contributed by atoms with van der Waals surface area (Å²) in [7, 11) is 0. The zero-order valence-electron chi connectivity index (χ0n) is 12.5. The molecule has 122 valence electrons. The fourth-order valence-corrected chi connectivity index (χ4v) is 5.40. The SMILES string of the molecule is Brc1cnc2nc(NN3NC[C@]4(CC5CCC4CC5)O3)sc2n1. The van der Waals surface area contributed by atoms with Crippen molar-refractivity contribution < 1.29 is 4.84 Å². The van der Waals surface area contributed by atoms with Crippen molar-refractivity contribution in [3.8, 4) is 0 Å². The highest BCUT2D eigenvalue weighted by Crippen LogP contribution is 2.50. The van der Waals surface area contributed by atoms with Crippen molar-refractivity contribution >= 4 is 42.9 Å². The summed E-state index contributed by atoms with van der Waals surface area (Å²) in [5.74, 6) is 1.50. The number of hydrazine groups is 2. The number of thiazole rings is 1. The van der Waals surface area contributed by atoms with Crippen LogP contribution in [0.5, 0.6) is 0 Å². The first kappa shape index (κ1) is 14.5. The van der Waals surface area contributed by atoms with Crippen molar-refractivity contribution in [1.29, 1.82) is 0 Å². The molecule has 3 heterocycles. The minimum absolute atomic E-state index is 0.0373. The Morgan fingerprint density at radius 2 is 2.22 bits per heavy atom. The van der Waals surface area contributed by atoms with Gasteiger partial charge in [-0.05, 0) is 65.2 Å². The highest BCUT2D eigenvalue weighted by atomic mass is 79.9. The van der Waals surface area contributed by atoms with Gasteiger partial charge in [0.2, 0.25) is 5.13 Å². The van der Waals surface area contributed by atoms with Gasteiger partial charge in [0.15, 0.2) is 10.5 Å². The Morgan fingerprint density at radius 3 is 3.00 bits per heavy atom. The van der Waals surface area contributed by atoms with Crippen LogP contribution in [0.15, 0.2) is 10.8 Å². The molecule has 1 aliphatic heterocycles. The third-order valence-corrected chi connectivity index (χ3v) is 6.54. The van der Waals surface area contributed by atoms with Gasteiger partial charge in [-0.1, -0.05) is 11.3 Å².